The topological polar surface area (TPSA) is 79.5 Å². The molecule has 6 nitrogen and oxygen atoms in total. The van der Waals surface area contributed by atoms with Crippen molar-refractivity contribution >= 4 is 5.97 Å². The lowest BCUT2D eigenvalue weighted by molar-refractivity contribution is -0.155. The van der Waals surface area contributed by atoms with Crippen LogP contribution >= 0.6 is 0 Å². The van der Waals surface area contributed by atoms with Crippen LogP contribution in [-0.4, -0.2) is 45.4 Å². The maximum Gasteiger partial charge on any atom is 0.401 e. The van der Waals surface area contributed by atoms with Gasteiger partial charge in [-0.15, -0.1) is 0 Å². The summed E-state index contributed by atoms with van der Waals surface area (Å²) < 4.78 is 42.0. The molecule has 1 aromatic heterocycles. The quantitative estimate of drug-likeness (QED) is 0.892. The summed E-state index contributed by atoms with van der Waals surface area (Å²) in [5.41, 5.74) is -0.424. The predicted molar refractivity (Wildman–Crippen MR) is 62.0 cm³/mol. The number of aliphatic carboxylic acids is 1. The number of hydrogen-bond acceptors (Lipinski definition) is 5. The largest absolute Gasteiger partial charge is 0.480 e. The number of alkyl halides is 3. The summed E-state index contributed by atoms with van der Waals surface area (Å²) in [5, 5.41) is 12.2. The van der Waals surface area contributed by atoms with Gasteiger partial charge in [0.1, 0.15) is 0 Å². The molecule has 1 rings (SSSR count). The highest BCUT2D eigenvalue weighted by Gasteiger charge is 2.32. The molecule has 0 atom stereocenters. The summed E-state index contributed by atoms with van der Waals surface area (Å²) in [6.45, 7) is 3.00. The molecule has 1 heterocycles. The fourth-order valence-corrected chi connectivity index (χ4v) is 1.44. The fourth-order valence-electron chi connectivity index (χ4n) is 1.44. The molecule has 0 aliphatic heterocycles. The third-order valence-electron chi connectivity index (χ3n) is 2.24. The molecule has 0 bridgehead atoms. The van der Waals surface area contributed by atoms with Gasteiger partial charge in [0.15, 0.2) is 5.82 Å². The van der Waals surface area contributed by atoms with Crippen molar-refractivity contribution in [3.05, 3.63) is 11.7 Å². The van der Waals surface area contributed by atoms with E-state index in [1.54, 1.807) is 0 Å². The van der Waals surface area contributed by atoms with Crippen LogP contribution in [0.4, 0.5) is 13.2 Å². The van der Waals surface area contributed by atoms with E-state index in [0.29, 0.717) is 4.90 Å². The van der Waals surface area contributed by atoms with E-state index < -0.39 is 30.7 Å². The average Bonchev–Trinajstić information content (AvgIpc) is 2.61. The monoisotopic (exact) mass is 295 g/mol. The van der Waals surface area contributed by atoms with Crippen molar-refractivity contribution < 1.29 is 27.6 Å². The number of aromatic nitrogens is 2. The Bertz CT molecular complexity index is 465. The first-order valence-corrected chi connectivity index (χ1v) is 5.81. The highest BCUT2D eigenvalue weighted by Crippen LogP contribution is 2.21. The molecule has 0 aliphatic rings. The molecule has 0 unspecified atom stereocenters. The van der Waals surface area contributed by atoms with E-state index in [1.165, 1.54) is 0 Å². The van der Waals surface area contributed by atoms with Crippen molar-refractivity contribution in [2.45, 2.75) is 38.9 Å². The minimum atomic E-state index is -4.49. The Balaban J connectivity index is 2.79. The summed E-state index contributed by atoms with van der Waals surface area (Å²) in [4.78, 5) is 15.2. The lowest BCUT2D eigenvalue weighted by Crippen LogP contribution is -2.37. The Morgan fingerprint density at radius 2 is 1.95 bits per heavy atom. The van der Waals surface area contributed by atoms with Crippen LogP contribution < -0.4 is 0 Å². The van der Waals surface area contributed by atoms with Crippen molar-refractivity contribution in [1.82, 2.24) is 15.0 Å². The average molecular weight is 295 g/mol. The normalized spacial score (nSPS) is 12.9. The SMILES string of the molecule is CC(C)(C)c1nc(CN(CC(=O)O)CC(F)(F)F)no1. The molecule has 0 fully saturated rings. The Labute approximate surface area is 113 Å². The minimum Gasteiger partial charge on any atom is -0.480 e. The van der Waals surface area contributed by atoms with Gasteiger partial charge in [-0.05, 0) is 0 Å². The third kappa shape index (κ3) is 5.55. The molecule has 0 amide bonds. The summed E-state index contributed by atoms with van der Waals surface area (Å²) in [5.74, 6) is -1.04. The predicted octanol–water partition coefficient (Wildman–Crippen LogP) is 1.82. The molecule has 114 valence electrons. The Kier molecular flexibility index (Phi) is 4.74. The van der Waals surface area contributed by atoms with Crippen LogP contribution in [0.2, 0.25) is 0 Å². The minimum absolute atomic E-state index is 0.0282. The van der Waals surface area contributed by atoms with Gasteiger partial charge in [0.05, 0.1) is 19.6 Å². The second kappa shape index (κ2) is 5.78. The fraction of sp³-hybridized carbons (Fsp3) is 0.727. The van der Waals surface area contributed by atoms with E-state index in [1.807, 2.05) is 20.8 Å². The van der Waals surface area contributed by atoms with Crippen molar-refractivity contribution in [2.75, 3.05) is 13.1 Å². The van der Waals surface area contributed by atoms with Crippen LogP contribution in [0.5, 0.6) is 0 Å². The van der Waals surface area contributed by atoms with Gasteiger partial charge < -0.3 is 9.63 Å². The van der Waals surface area contributed by atoms with Crippen LogP contribution in [0.25, 0.3) is 0 Å². The molecule has 9 heteroatoms. The first kappa shape index (κ1) is 16.4. The molecule has 0 aromatic carbocycles. The number of nitrogens with zero attached hydrogens (tertiary/aromatic N) is 3. The molecule has 1 N–H and O–H groups in total. The van der Waals surface area contributed by atoms with Gasteiger partial charge in [-0.3, -0.25) is 9.69 Å². The summed E-state index contributed by atoms with van der Waals surface area (Å²) in [6, 6.07) is 0. The molecule has 0 spiro atoms. The van der Waals surface area contributed by atoms with Crippen LogP contribution in [0.1, 0.15) is 32.5 Å². The van der Waals surface area contributed by atoms with Crippen LogP contribution in [0.3, 0.4) is 0 Å². The van der Waals surface area contributed by atoms with E-state index in [2.05, 4.69) is 10.1 Å². The van der Waals surface area contributed by atoms with Gasteiger partial charge >= 0.3 is 12.1 Å². The van der Waals surface area contributed by atoms with Gasteiger partial charge in [0.25, 0.3) is 0 Å². The smallest absolute Gasteiger partial charge is 0.401 e. The molecular formula is C11H16F3N3O3. The zero-order chi connectivity index (χ0) is 15.6. The van der Waals surface area contributed by atoms with Gasteiger partial charge in [-0.25, -0.2) is 0 Å². The van der Waals surface area contributed by atoms with Crippen LogP contribution in [-0.2, 0) is 16.8 Å². The second-order valence-electron chi connectivity index (χ2n) is 5.42. The Morgan fingerprint density at radius 1 is 1.35 bits per heavy atom. The highest BCUT2D eigenvalue weighted by molar-refractivity contribution is 5.69. The lowest BCUT2D eigenvalue weighted by atomic mass is 9.97. The van der Waals surface area contributed by atoms with E-state index in [-0.39, 0.29) is 18.3 Å². The molecule has 0 saturated heterocycles. The van der Waals surface area contributed by atoms with Crippen LogP contribution in [0, 0.1) is 0 Å². The second-order valence-corrected chi connectivity index (χ2v) is 5.42. The number of carboxylic acids is 1. The Morgan fingerprint density at radius 3 is 2.35 bits per heavy atom. The van der Waals surface area contributed by atoms with E-state index in [0.717, 1.165) is 0 Å². The zero-order valence-corrected chi connectivity index (χ0v) is 11.4. The molecule has 0 saturated carbocycles. The van der Waals surface area contributed by atoms with E-state index in [4.69, 9.17) is 9.63 Å². The number of carbonyl (C=O) groups is 1. The molecule has 0 aliphatic carbocycles. The Hall–Kier alpha value is -1.64. The van der Waals surface area contributed by atoms with Crippen molar-refractivity contribution in [2.24, 2.45) is 0 Å². The number of carboxylic acid groups (broad SMARTS) is 1. The van der Waals surface area contributed by atoms with E-state index in [9.17, 15) is 18.0 Å². The molecule has 20 heavy (non-hydrogen) atoms. The third-order valence-corrected chi connectivity index (χ3v) is 2.24. The summed E-state index contributed by atoms with van der Waals surface area (Å²) >= 11 is 0. The zero-order valence-electron chi connectivity index (χ0n) is 11.4. The number of halogens is 3. The standard InChI is InChI=1S/C11H16F3N3O3/c1-10(2,3)9-15-7(16-20-9)4-17(5-8(18)19)6-11(12,13)14/h4-6H2,1-3H3,(H,18,19). The number of hydrogen-bond donors (Lipinski definition) is 1. The molecular weight excluding hydrogens is 279 g/mol. The van der Waals surface area contributed by atoms with Gasteiger partial charge in [-0.1, -0.05) is 25.9 Å². The van der Waals surface area contributed by atoms with Crippen molar-refractivity contribution in [3.8, 4) is 0 Å². The maximum atomic E-state index is 12.4. The summed E-state index contributed by atoms with van der Waals surface area (Å²) in [7, 11) is 0. The number of rotatable bonds is 5. The lowest BCUT2D eigenvalue weighted by Gasteiger charge is -2.19. The first-order chi connectivity index (χ1) is 8.97. The van der Waals surface area contributed by atoms with E-state index >= 15 is 0 Å². The van der Waals surface area contributed by atoms with Gasteiger partial charge in [0.2, 0.25) is 5.89 Å². The van der Waals surface area contributed by atoms with Crippen molar-refractivity contribution in [3.63, 3.8) is 0 Å². The summed E-state index contributed by atoms with van der Waals surface area (Å²) in [6.07, 6.45) is -4.49. The molecule has 0 radical (unpaired) electrons. The van der Waals surface area contributed by atoms with Gasteiger partial charge in [0, 0.05) is 5.41 Å². The molecule has 1 aromatic rings. The van der Waals surface area contributed by atoms with Gasteiger partial charge in [-0.2, -0.15) is 18.2 Å². The van der Waals surface area contributed by atoms with Crippen LogP contribution in [0.15, 0.2) is 4.52 Å². The maximum absolute atomic E-state index is 12.4. The first-order valence-electron chi connectivity index (χ1n) is 5.81. The highest BCUT2D eigenvalue weighted by atomic mass is 19.4. The van der Waals surface area contributed by atoms with Crippen molar-refractivity contribution in [1.29, 1.82) is 0 Å².